The average Bonchev–Trinajstić information content (AvgIpc) is 1.88. The van der Waals surface area contributed by atoms with E-state index in [9.17, 15) is 4.79 Å². The number of nitrogens with two attached hydrogens (primary N) is 1. The molecular weight excluding hydrogens is 130 g/mol. The summed E-state index contributed by atoms with van der Waals surface area (Å²) in [5.74, 6) is 4.95. The number of amides is 2. The summed E-state index contributed by atoms with van der Waals surface area (Å²) in [6, 6.07) is -0.0222. The maximum absolute atomic E-state index is 10.9. The van der Waals surface area contributed by atoms with Crippen LogP contribution in [0.5, 0.6) is 0 Å². The van der Waals surface area contributed by atoms with Gasteiger partial charge >= 0.3 is 6.03 Å². The number of carbonyl (C=O) groups excluding carboxylic acids is 1. The number of hydrogen-bond donors (Lipinski definition) is 2. The van der Waals surface area contributed by atoms with Crippen LogP contribution in [-0.4, -0.2) is 23.5 Å². The standard InChI is InChI=1S/C6H15N3O/c1-4-9(5(2)3)6(10)8-7/h5H,4,7H2,1-3H3,(H,8,10). The molecule has 0 rings (SSSR count). The van der Waals surface area contributed by atoms with Gasteiger partial charge < -0.3 is 4.90 Å². The van der Waals surface area contributed by atoms with Crippen LogP contribution in [0.15, 0.2) is 0 Å². The highest BCUT2D eigenvalue weighted by atomic mass is 16.2. The third-order valence-electron chi connectivity index (χ3n) is 1.35. The van der Waals surface area contributed by atoms with E-state index in [0.29, 0.717) is 6.54 Å². The van der Waals surface area contributed by atoms with Crippen molar-refractivity contribution >= 4 is 6.03 Å². The molecule has 60 valence electrons. The summed E-state index contributed by atoms with van der Waals surface area (Å²) in [5.41, 5.74) is 2.08. The van der Waals surface area contributed by atoms with Crippen molar-refractivity contribution in [2.75, 3.05) is 6.54 Å². The van der Waals surface area contributed by atoms with E-state index in [1.807, 2.05) is 20.8 Å². The summed E-state index contributed by atoms with van der Waals surface area (Å²) < 4.78 is 0. The first-order chi connectivity index (χ1) is 4.63. The molecule has 0 saturated carbocycles. The highest BCUT2D eigenvalue weighted by molar-refractivity contribution is 5.73. The molecule has 2 amide bonds. The molecule has 10 heavy (non-hydrogen) atoms. The molecule has 0 aliphatic rings. The second-order valence-electron chi connectivity index (χ2n) is 2.33. The van der Waals surface area contributed by atoms with Crippen LogP contribution in [0.25, 0.3) is 0 Å². The Kier molecular flexibility index (Phi) is 3.79. The number of urea groups is 1. The number of carbonyl (C=O) groups is 1. The van der Waals surface area contributed by atoms with Crippen molar-refractivity contribution in [3.63, 3.8) is 0 Å². The zero-order valence-corrected chi connectivity index (χ0v) is 6.72. The van der Waals surface area contributed by atoms with E-state index < -0.39 is 0 Å². The molecule has 0 spiro atoms. The third-order valence-corrected chi connectivity index (χ3v) is 1.35. The Hall–Kier alpha value is -0.770. The van der Waals surface area contributed by atoms with Gasteiger partial charge in [0.2, 0.25) is 0 Å². The summed E-state index contributed by atoms with van der Waals surface area (Å²) in [6.45, 7) is 6.48. The second kappa shape index (κ2) is 4.11. The minimum absolute atomic E-state index is 0.202. The van der Waals surface area contributed by atoms with Gasteiger partial charge in [0.25, 0.3) is 0 Å². The minimum atomic E-state index is -0.225. The van der Waals surface area contributed by atoms with Crippen molar-refractivity contribution in [2.45, 2.75) is 26.8 Å². The zero-order valence-electron chi connectivity index (χ0n) is 6.72. The van der Waals surface area contributed by atoms with E-state index in [4.69, 9.17) is 5.84 Å². The Bertz CT molecular complexity index is 114. The first-order valence-corrected chi connectivity index (χ1v) is 3.40. The topological polar surface area (TPSA) is 58.4 Å². The van der Waals surface area contributed by atoms with Crippen LogP contribution in [0.3, 0.4) is 0 Å². The molecule has 0 heterocycles. The Balaban J connectivity index is 3.93. The lowest BCUT2D eigenvalue weighted by Crippen LogP contribution is -2.46. The summed E-state index contributed by atoms with van der Waals surface area (Å²) >= 11 is 0. The Morgan fingerprint density at radius 3 is 2.30 bits per heavy atom. The molecule has 0 saturated heterocycles. The van der Waals surface area contributed by atoms with Crippen molar-refractivity contribution in [3.05, 3.63) is 0 Å². The number of nitrogens with zero attached hydrogens (tertiary/aromatic N) is 1. The monoisotopic (exact) mass is 145 g/mol. The van der Waals surface area contributed by atoms with Gasteiger partial charge in [0.15, 0.2) is 0 Å². The van der Waals surface area contributed by atoms with E-state index in [2.05, 4.69) is 5.43 Å². The molecule has 4 heteroatoms. The van der Waals surface area contributed by atoms with Crippen LogP contribution < -0.4 is 11.3 Å². The molecule has 0 atom stereocenters. The van der Waals surface area contributed by atoms with Crippen LogP contribution >= 0.6 is 0 Å². The van der Waals surface area contributed by atoms with E-state index in [1.165, 1.54) is 0 Å². The SMILES string of the molecule is CCN(C(=O)NN)C(C)C. The highest BCUT2D eigenvalue weighted by Gasteiger charge is 2.11. The molecule has 4 nitrogen and oxygen atoms in total. The van der Waals surface area contributed by atoms with Crippen LogP contribution in [0.4, 0.5) is 4.79 Å². The molecule has 0 aliphatic heterocycles. The van der Waals surface area contributed by atoms with Gasteiger partial charge in [-0.05, 0) is 20.8 Å². The number of nitrogens with one attached hydrogen (secondary N) is 1. The summed E-state index contributed by atoms with van der Waals surface area (Å²) in [4.78, 5) is 12.5. The highest BCUT2D eigenvalue weighted by Crippen LogP contribution is 1.95. The predicted octanol–water partition coefficient (Wildman–Crippen LogP) is 0.300. The molecule has 0 aromatic carbocycles. The Labute approximate surface area is 61.3 Å². The number of hydrogen-bond acceptors (Lipinski definition) is 2. The second-order valence-corrected chi connectivity index (χ2v) is 2.33. The lowest BCUT2D eigenvalue weighted by Gasteiger charge is -2.23. The third kappa shape index (κ3) is 2.23. The maximum Gasteiger partial charge on any atom is 0.331 e. The lowest BCUT2D eigenvalue weighted by atomic mass is 10.3. The smallest absolute Gasteiger partial charge is 0.322 e. The van der Waals surface area contributed by atoms with Gasteiger partial charge in [-0.25, -0.2) is 10.6 Å². The predicted molar refractivity (Wildman–Crippen MR) is 40.2 cm³/mol. The van der Waals surface area contributed by atoms with E-state index in [1.54, 1.807) is 4.90 Å². The molecule has 0 aromatic heterocycles. The van der Waals surface area contributed by atoms with E-state index in [0.717, 1.165) is 0 Å². The summed E-state index contributed by atoms with van der Waals surface area (Å²) in [5, 5.41) is 0. The van der Waals surface area contributed by atoms with Gasteiger partial charge in [-0.15, -0.1) is 0 Å². The summed E-state index contributed by atoms with van der Waals surface area (Å²) in [7, 11) is 0. The van der Waals surface area contributed by atoms with Crippen molar-refractivity contribution < 1.29 is 4.79 Å². The normalized spacial score (nSPS) is 9.70. The van der Waals surface area contributed by atoms with Crippen molar-refractivity contribution in [2.24, 2.45) is 5.84 Å². The van der Waals surface area contributed by atoms with Gasteiger partial charge in [-0.2, -0.15) is 0 Å². The molecule has 0 unspecified atom stereocenters. The molecule has 0 aliphatic carbocycles. The Morgan fingerprint density at radius 1 is 1.70 bits per heavy atom. The van der Waals surface area contributed by atoms with Crippen LogP contribution in [0.1, 0.15) is 20.8 Å². The van der Waals surface area contributed by atoms with Crippen molar-refractivity contribution in [1.29, 1.82) is 0 Å². The van der Waals surface area contributed by atoms with Gasteiger partial charge in [0, 0.05) is 12.6 Å². The fraction of sp³-hybridized carbons (Fsp3) is 0.833. The van der Waals surface area contributed by atoms with Crippen LogP contribution in [-0.2, 0) is 0 Å². The minimum Gasteiger partial charge on any atom is -0.322 e. The Morgan fingerprint density at radius 2 is 2.20 bits per heavy atom. The fourth-order valence-electron chi connectivity index (χ4n) is 0.826. The molecule has 0 radical (unpaired) electrons. The van der Waals surface area contributed by atoms with E-state index in [-0.39, 0.29) is 12.1 Å². The molecule has 0 aromatic rings. The first kappa shape index (κ1) is 9.23. The zero-order chi connectivity index (χ0) is 8.15. The first-order valence-electron chi connectivity index (χ1n) is 3.40. The van der Waals surface area contributed by atoms with Gasteiger partial charge in [-0.1, -0.05) is 0 Å². The van der Waals surface area contributed by atoms with Crippen LogP contribution in [0, 0.1) is 0 Å². The molecular formula is C6H15N3O. The summed E-state index contributed by atoms with van der Waals surface area (Å²) in [6.07, 6.45) is 0. The molecule has 3 N–H and O–H groups in total. The number of hydrazine groups is 1. The van der Waals surface area contributed by atoms with Gasteiger partial charge in [0.1, 0.15) is 0 Å². The van der Waals surface area contributed by atoms with E-state index >= 15 is 0 Å². The van der Waals surface area contributed by atoms with Crippen molar-refractivity contribution in [1.82, 2.24) is 10.3 Å². The lowest BCUT2D eigenvalue weighted by molar-refractivity contribution is 0.187. The molecule has 0 fully saturated rings. The van der Waals surface area contributed by atoms with Gasteiger partial charge in [-0.3, -0.25) is 5.43 Å². The average molecular weight is 145 g/mol. The maximum atomic E-state index is 10.9. The van der Waals surface area contributed by atoms with Crippen molar-refractivity contribution in [3.8, 4) is 0 Å². The fourth-order valence-corrected chi connectivity index (χ4v) is 0.826. The largest absolute Gasteiger partial charge is 0.331 e. The quantitative estimate of drug-likeness (QED) is 0.333. The van der Waals surface area contributed by atoms with Gasteiger partial charge in [0.05, 0.1) is 0 Å². The van der Waals surface area contributed by atoms with Crippen LogP contribution in [0.2, 0.25) is 0 Å². The number of rotatable bonds is 2. The molecule has 0 bridgehead atoms.